The average Bonchev–Trinajstić information content (AvgIpc) is 3.07. The molecule has 0 spiro atoms. The highest BCUT2D eigenvalue weighted by atomic mass is 16.4. The number of benzene rings is 1. The molecule has 126 valence electrons. The topological polar surface area (TPSA) is 91.8 Å². The molecule has 1 aromatic heterocycles. The van der Waals surface area contributed by atoms with Crippen molar-refractivity contribution in [3.8, 4) is 0 Å². The van der Waals surface area contributed by atoms with Gasteiger partial charge in [-0.25, -0.2) is 0 Å². The van der Waals surface area contributed by atoms with Crippen molar-refractivity contribution in [3.63, 3.8) is 0 Å². The van der Waals surface area contributed by atoms with Gasteiger partial charge in [0, 0.05) is 26.2 Å². The molecule has 2 heterocycles. The third-order valence-corrected chi connectivity index (χ3v) is 4.07. The number of carbonyl (C=O) groups excluding carboxylic acids is 2. The fourth-order valence-electron chi connectivity index (χ4n) is 2.68. The summed E-state index contributed by atoms with van der Waals surface area (Å²) in [7, 11) is 2.10. The minimum absolute atomic E-state index is 0.0347. The first-order valence-corrected chi connectivity index (χ1v) is 7.78. The van der Waals surface area contributed by atoms with Crippen LogP contribution in [-0.4, -0.2) is 49.9 Å². The van der Waals surface area contributed by atoms with E-state index in [0.29, 0.717) is 5.69 Å². The standard InChI is InChI=1S/C17H20N4O3/c1-20-8-10-21(11-9-20)13-5-3-2-4-12(13)19-17(23)15-7-6-14(24-15)16(18)22/h2-7H,8-11H2,1H3,(H2,18,22)(H,19,23). The number of amides is 2. The number of hydrogen-bond donors (Lipinski definition) is 2. The molecule has 0 unspecified atom stereocenters. The number of nitrogens with one attached hydrogen (secondary N) is 1. The number of piperazine rings is 1. The number of nitrogens with two attached hydrogens (primary N) is 1. The molecule has 0 bridgehead atoms. The number of likely N-dealkylation sites (N-methyl/N-ethyl adjacent to an activating group) is 1. The van der Waals surface area contributed by atoms with Crippen molar-refractivity contribution in [2.75, 3.05) is 43.4 Å². The lowest BCUT2D eigenvalue weighted by Crippen LogP contribution is -2.44. The highest BCUT2D eigenvalue weighted by Gasteiger charge is 2.19. The second-order valence-corrected chi connectivity index (χ2v) is 5.79. The molecule has 2 aromatic rings. The molecule has 7 heteroatoms. The highest BCUT2D eigenvalue weighted by Crippen LogP contribution is 2.27. The number of para-hydroxylation sites is 2. The molecule has 3 rings (SSSR count). The van der Waals surface area contributed by atoms with Crippen molar-refractivity contribution in [2.24, 2.45) is 5.73 Å². The van der Waals surface area contributed by atoms with Gasteiger partial charge in [-0.15, -0.1) is 0 Å². The Morgan fingerprint density at radius 1 is 1.04 bits per heavy atom. The van der Waals surface area contributed by atoms with Gasteiger partial charge in [-0.2, -0.15) is 0 Å². The van der Waals surface area contributed by atoms with E-state index < -0.39 is 11.8 Å². The van der Waals surface area contributed by atoms with Crippen molar-refractivity contribution in [3.05, 3.63) is 47.9 Å². The summed E-state index contributed by atoms with van der Waals surface area (Å²) in [5, 5.41) is 2.85. The summed E-state index contributed by atoms with van der Waals surface area (Å²) in [5.74, 6) is -1.10. The van der Waals surface area contributed by atoms with Crippen molar-refractivity contribution in [1.82, 2.24) is 4.90 Å². The Balaban J connectivity index is 1.77. The molecule has 7 nitrogen and oxygen atoms in total. The Kier molecular flexibility index (Phi) is 4.52. The van der Waals surface area contributed by atoms with Gasteiger partial charge in [0.05, 0.1) is 11.4 Å². The highest BCUT2D eigenvalue weighted by molar-refractivity contribution is 6.05. The fourth-order valence-corrected chi connectivity index (χ4v) is 2.68. The van der Waals surface area contributed by atoms with Crippen LogP contribution in [0.4, 0.5) is 11.4 Å². The number of carbonyl (C=O) groups is 2. The van der Waals surface area contributed by atoms with Crippen LogP contribution in [0.15, 0.2) is 40.8 Å². The van der Waals surface area contributed by atoms with Crippen molar-refractivity contribution < 1.29 is 14.0 Å². The number of furan rings is 1. The van der Waals surface area contributed by atoms with E-state index in [0.717, 1.165) is 31.9 Å². The zero-order chi connectivity index (χ0) is 17.1. The molecule has 1 aromatic carbocycles. The fraction of sp³-hybridized carbons (Fsp3) is 0.294. The molecule has 0 saturated carbocycles. The Hall–Kier alpha value is -2.80. The van der Waals surface area contributed by atoms with E-state index in [1.54, 1.807) is 0 Å². The lowest BCUT2D eigenvalue weighted by molar-refractivity contribution is 0.0960. The Bertz CT molecular complexity index is 748. The van der Waals surface area contributed by atoms with Gasteiger partial charge in [-0.3, -0.25) is 9.59 Å². The van der Waals surface area contributed by atoms with Crippen molar-refractivity contribution in [2.45, 2.75) is 0 Å². The number of nitrogens with zero attached hydrogens (tertiary/aromatic N) is 2. The van der Waals surface area contributed by atoms with Gasteiger partial charge in [-0.1, -0.05) is 12.1 Å². The molecule has 2 amide bonds. The van der Waals surface area contributed by atoms with E-state index in [-0.39, 0.29) is 11.5 Å². The van der Waals surface area contributed by atoms with Crippen LogP contribution in [0.1, 0.15) is 21.1 Å². The van der Waals surface area contributed by atoms with Crippen molar-refractivity contribution >= 4 is 23.2 Å². The van der Waals surface area contributed by atoms with Crippen LogP contribution in [0.2, 0.25) is 0 Å². The minimum Gasteiger partial charge on any atom is -0.446 e. The lowest BCUT2D eigenvalue weighted by Gasteiger charge is -2.35. The van der Waals surface area contributed by atoms with Crippen LogP contribution in [0.5, 0.6) is 0 Å². The molecule has 0 radical (unpaired) electrons. The van der Waals surface area contributed by atoms with Crippen LogP contribution in [0.3, 0.4) is 0 Å². The normalized spacial score (nSPS) is 15.3. The maximum Gasteiger partial charge on any atom is 0.291 e. The van der Waals surface area contributed by atoms with Gasteiger partial charge >= 0.3 is 0 Å². The third-order valence-electron chi connectivity index (χ3n) is 4.07. The number of primary amides is 1. The maximum absolute atomic E-state index is 12.4. The molecule has 0 atom stereocenters. The summed E-state index contributed by atoms with van der Waals surface area (Å²) in [5.41, 5.74) is 6.82. The van der Waals surface area contributed by atoms with E-state index >= 15 is 0 Å². The quantitative estimate of drug-likeness (QED) is 0.885. The molecular weight excluding hydrogens is 308 g/mol. The number of hydrogen-bond acceptors (Lipinski definition) is 5. The molecule has 1 fully saturated rings. The summed E-state index contributed by atoms with van der Waals surface area (Å²) in [6.45, 7) is 3.75. The van der Waals surface area contributed by atoms with Crippen LogP contribution in [0, 0.1) is 0 Å². The van der Waals surface area contributed by atoms with E-state index in [9.17, 15) is 9.59 Å². The lowest BCUT2D eigenvalue weighted by atomic mass is 10.2. The van der Waals surface area contributed by atoms with Crippen LogP contribution < -0.4 is 16.0 Å². The largest absolute Gasteiger partial charge is 0.446 e. The second-order valence-electron chi connectivity index (χ2n) is 5.79. The van der Waals surface area contributed by atoms with E-state index in [1.165, 1.54) is 12.1 Å². The molecular formula is C17H20N4O3. The predicted molar refractivity (Wildman–Crippen MR) is 91.3 cm³/mol. The zero-order valence-electron chi connectivity index (χ0n) is 13.5. The second kappa shape index (κ2) is 6.76. The molecule has 24 heavy (non-hydrogen) atoms. The molecule has 1 aliphatic heterocycles. The van der Waals surface area contributed by atoms with Gasteiger partial charge in [0.1, 0.15) is 0 Å². The number of rotatable bonds is 4. The average molecular weight is 328 g/mol. The van der Waals surface area contributed by atoms with Gasteiger partial charge in [-0.05, 0) is 31.3 Å². The Morgan fingerprint density at radius 2 is 1.71 bits per heavy atom. The summed E-state index contributed by atoms with van der Waals surface area (Å²) >= 11 is 0. The zero-order valence-corrected chi connectivity index (χ0v) is 13.5. The smallest absolute Gasteiger partial charge is 0.291 e. The molecule has 1 saturated heterocycles. The third kappa shape index (κ3) is 3.41. The summed E-state index contributed by atoms with van der Waals surface area (Å²) in [6, 6.07) is 10.5. The predicted octanol–water partition coefficient (Wildman–Crippen LogP) is 1.38. The van der Waals surface area contributed by atoms with Crippen LogP contribution in [0.25, 0.3) is 0 Å². The van der Waals surface area contributed by atoms with Crippen molar-refractivity contribution in [1.29, 1.82) is 0 Å². The Morgan fingerprint density at radius 3 is 2.38 bits per heavy atom. The minimum atomic E-state index is -0.702. The summed E-state index contributed by atoms with van der Waals surface area (Å²) < 4.78 is 5.17. The summed E-state index contributed by atoms with van der Waals surface area (Å²) in [6.07, 6.45) is 0. The van der Waals surface area contributed by atoms with E-state index in [4.69, 9.17) is 10.2 Å². The summed E-state index contributed by atoms with van der Waals surface area (Å²) in [4.78, 5) is 27.9. The molecule has 0 aliphatic carbocycles. The number of anilines is 2. The van der Waals surface area contributed by atoms with E-state index in [2.05, 4.69) is 22.2 Å². The molecule has 3 N–H and O–H groups in total. The van der Waals surface area contributed by atoms with Gasteiger partial charge < -0.3 is 25.3 Å². The van der Waals surface area contributed by atoms with E-state index in [1.807, 2.05) is 24.3 Å². The first-order chi connectivity index (χ1) is 11.5. The first-order valence-electron chi connectivity index (χ1n) is 7.78. The first kappa shape index (κ1) is 16.1. The van der Waals surface area contributed by atoms with Crippen LogP contribution in [-0.2, 0) is 0 Å². The monoisotopic (exact) mass is 328 g/mol. The molecule has 1 aliphatic rings. The van der Waals surface area contributed by atoms with Gasteiger partial charge in [0.25, 0.3) is 11.8 Å². The maximum atomic E-state index is 12.4. The Labute approximate surface area is 140 Å². The SMILES string of the molecule is CN1CCN(c2ccccc2NC(=O)c2ccc(C(N)=O)o2)CC1. The van der Waals surface area contributed by atoms with Gasteiger partial charge in [0.2, 0.25) is 0 Å². The van der Waals surface area contributed by atoms with Crippen LogP contribution >= 0.6 is 0 Å². The van der Waals surface area contributed by atoms with Gasteiger partial charge in [0.15, 0.2) is 11.5 Å².